The fraction of sp³-hybridized carbons (Fsp3) is 0.286. The van der Waals surface area contributed by atoms with Crippen molar-refractivity contribution in [3.05, 3.63) is 71.7 Å². The zero-order valence-corrected chi connectivity index (χ0v) is 14.6. The minimum Gasteiger partial charge on any atom is -0.393 e. The molecule has 5 heteroatoms. The monoisotopic (exact) mass is 347 g/mol. The summed E-state index contributed by atoms with van der Waals surface area (Å²) in [5.41, 5.74) is 3.17. The van der Waals surface area contributed by atoms with Crippen molar-refractivity contribution in [1.82, 2.24) is 15.3 Å². The topological polar surface area (TPSA) is 75.1 Å². The standard InChI is InChI=1S/C21H21N3O2/c1-13-5-4-8-22-19(13)21(26)24-20(15-10-17(25)11-15)16-9-14-6-2-3-7-18(14)23-12-16/h2-9,12,15,17,20,25H,10-11H2,1H3,(H,24,26)/t15?,17?,20-/m1/s1. The summed E-state index contributed by atoms with van der Waals surface area (Å²) in [6.45, 7) is 1.88. The summed E-state index contributed by atoms with van der Waals surface area (Å²) in [5, 5.41) is 13.9. The summed E-state index contributed by atoms with van der Waals surface area (Å²) < 4.78 is 0. The van der Waals surface area contributed by atoms with Crippen LogP contribution in [0.3, 0.4) is 0 Å². The third-order valence-electron chi connectivity index (χ3n) is 5.10. The van der Waals surface area contributed by atoms with Gasteiger partial charge in [0.2, 0.25) is 0 Å². The number of fused-ring (bicyclic) bond motifs is 1. The molecule has 4 rings (SSSR count). The second-order valence-corrected chi connectivity index (χ2v) is 6.97. The molecule has 0 spiro atoms. The van der Waals surface area contributed by atoms with Gasteiger partial charge in [-0.15, -0.1) is 0 Å². The van der Waals surface area contributed by atoms with Gasteiger partial charge in [-0.05, 0) is 55.0 Å². The van der Waals surface area contributed by atoms with E-state index in [2.05, 4.69) is 21.4 Å². The second kappa shape index (κ2) is 6.84. The Bertz CT molecular complexity index is 951. The number of carbonyl (C=O) groups is 1. The molecule has 1 amide bonds. The number of aliphatic hydroxyl groups is 1. The first-order valence-corrected chi connectivity index (χ1v) is 8.87. The van der Waals surface area contributed by atoms with Gasteiger partial charge in [-0.25, -0.2) is 0 Å². The van der Waals surface area contributed by atoms with Gasteiger partial charge in [0.25, 0.3) is 5.91 Å². The van der Waals surface area contributed by atoms with Crippen molar-refractivity contribution < 1.29 is 9.90 Å². The van der Waals surface area contributed by atoms with Gasteiger partial charge in [-0.2, -0.15) is 0 Å². The molecule has 1 atom stereocenters. The van der Waals surface area contributed by atoms with E-state index in [4.69, 9.17) is 0 Å². The lowest BCUT2D eigenvalue weighted by Crippen LogP contribution is -2.41. The Hall–Kier alpha value is -2.79. The molecule has 0 bridgehead atoms. The Morgan fingerprint density at radius 2 is 2.00 bits per heavy atom. The molecular weight excluding hydrogens is 326 g/mol. The molecule has 2 aromatic heterocycles. The number of aliphatic hydroxyl groups excluding tert-OH is 1. The zero-order valence-electron chi connectivity index (χ0n) is 14.6. The van der Waals surface area contributed by atoms with Crippen LogP contribution < -0.4 is 5.32 Å². The van der Waals surface area contributed by atoms with Gasteiger partial charge < -0.3 is 10.4 Å². The van der Waals surface area contributed by atoms with Crippen molar-refractivity contribution in [1.29, 1.82) is 0 Å². The highest BCUT2D eigenvalue weighted by atomic mass is 16.3. The van der Waals surface area contributed by atoms with Crippen molar-refractivity contribution in [2.45, 2.75) is 31.9 Å². The van der Waals surface area contributed by atoms with Crippen LogP contribution in [0, 0.1) is 12.8 Å². The number of aromatic nitrogens is 2. The fourth-order valence-corrected chi connectivity index (χ4v) is 3.57. The summed E-state index contributed by atoms with van der Waals surface area (Å²) in [6, 6.07) is 13.5. The first-order valence-electron chi connectivity index (χ1n) is 8.87. The van der Waals surface area contributed by atoms with Crippen LogP contribution in [-0.2, 0) is 0 Å². The quantitative estimate of drug-likeness (QED) is 0.760. The lowest BCUT2D eigenvalue weighted by atomic mass is 9.75. The molecule has 0 unspecified atom stereocenters. The molecule has 3 aromatic rings. The molecule has 132 valence electrons. The number of nitrogens with zero attached hydrogens (tertiary/aromatic N) is 2. The first kappa shape index (κ1) is 16.7. The van der Waals surface area contributed by atoms with Crippen molar-refractivity contribution in [2.24, 2.45) is 5.92 Å². The number of hydrogen-bond donors (Lipinski definition) is 2. The number of para-hydroxylation sites is 1. The van der Waals surface area contributed by atoms with E-state index in [9.17, 15) is 9.90 Å². The molecule has 1 aliphatic rings. The molecule has 5 nitrogen and oxygen atoms in total. The fourth-order valence-electron chi connectivity index (χ4n) is 3.57. The molecule has 0 aliphatic heterocycles. The van der Waals surface area contributed by atoms with Gasteiger partial charge in [0.1, 0.15) is 5.69 Å². The van der Waals surface area contributed by atoms with E-state index >= 15 is 0 Å². The van der Waals surface area contributed by atoms with E-state index in [0.717, 1.165) is 22.0 Å². The summed E-state index contributed by atoms with van der Waals surface area (Å²) in [7, 11) is 0. The Balaban J connectivity index is 1.65. The number of carbonyl (C=O) groups excluding carboxylic acids is 1. The predicted octanol–water partition coefficient (Wildman–Crippen LogP) is 3.18. The minimum atomic E-state index is -0.288. The summed E-state index contributed by atoms with van der Waals surface area (Å²) in [6.07, 6.45) is 4.52. The highest BCUT2D eigenvalue weighted by Crippen LogP contribution is 2.38. The van der Waals surface area contributed by atoms with Crippen molar-refractivity contribution >= 4 is 16.8 Å². The lowest BCUT2D eigenvalue weighted by molar-refractivity contribution is 0.0234. The second-order valence-electron chi connectivity index (χ2n) is 6.97. The number of pyridine rings is 2. The van der Waals surface area contributed by atoms with E-state index in [-0.39, 0.29) is 24.0 Å². The summed E-state index contributed by atoms with van der Waals surface area (Å²) in [4.78, 5) is 21.5. The van der Waals surface area contributed by atoms with Gasteiger partial charge in [0.15, 0.2) is 0 Å². The van der Waals surface area contributed by atoms with Crippen molar-refractivity contribution in [2.75, 3.05) is 0 Å². The summed E-state index contributed by atoms with van der Waals surface area (Å²) >= 11 is 0. The Labute approximate surface area is 152 Å². The SMILES string of the molecule is Cc1cccnc1C(=O)N[C@@H](c1cnc2ccccc2c1)C1CC(O)C1. The van der Waals surface area contributed by atoms with Gasteiger partial charge in [-0.1, -0.05) is 24.3 Å². The average molecular weight is 347 g/mol. The number of nitrogens with one attached hydrogen (secondary N) is 1. The van der Waals surface area contributed by atoms with E-state index in [1.54, 1.807) is 6.20 Å². The normalized spacial score (nSPS) is 20.4. The molecule has 1 aliphatic carbocycles. The molecular formula is C21H21N3O2. The number of amides is 1. The van der Waals surface area contributed by atoms with Gasteiger partial charge in [0, 0.05) is 17.8 Å². The molecule has 1 saturated carbocycles. The minimum absolute atomic E-state index is 0.190. The maximum atomic E-state index is 12.8. The number of benzene rings is 1. The van der Waals surface area contributed by atoms with Crippen LogP contribution in [0.25, 0.3) is 10.9 Å². The van der Waals surface area contributed by atoms with Gasteiger partial charge in [0.05, 0.1) is 17.7 Å². The lowest BCUT2D eigenvalue weighted by Gasteiger charge is -2.38. The number of hydrogen-bond acceptors (Lipinski definition) is 4. The smallest absolute Gasteiger partial charge is 0.270 e. The number of aryl methyl sites for hydroxylation is 1. The molecule has 2 N–H and O–H groups in total. The number of rotatable bonds is 4. The summed E-state index contributed by atoms with van der Waals surface area (Å²) in [5.74, 6) is 0.00331. The first-order chi connectivity index (χ1) is 12.6. The molecule has 1 fully saturated rings. The average Bonchev–Trinajstić information content (AvgIpc) is 2.63. The van der Waals surface area contributed by atoms with Crippen molar-refractivity contribution in [3.8, 4) is 0 Å². The third kappa shape index (κ3) is 3.18. The maximum absolute atomic E-state index is 12.8. The van der Waals surface area contributed by atoms with Crippen LogP contribution in [0.4, 0.5) is 0 Å². The molecule has 2 heterocycles. The Kier molecular flexibility index (Phi) is 4.39. The van der Waals surface area contributed by atoms with E-state index in [0.29, 0.717) is 18.5 Å². The molecule has 26 heavy (non-hydrogen) atoms. The zero-order chi connectivity index (χ0) is 18.1. The van der Waals surface area contributed by atoms with E-state index in [1.165, 1.54) is 0 Å². The maximum Gasteiger partial charge on any atom is 0.270 e. The van der Waals surface area contributed by atoms with Crippen LogP contribution >= 0.6 is 0 Å². The van der Waals surface area contributed by atoms with Crippen LogP contribution in [0.1, 0.15) is 40.5 Å². The molecule has 0 saturated heterocycles. The van der Waals surface area contributed by atoms with Crippen LogP contribution in [0.15, 0.2) is 54.9 Å². The van der Waals surface area contributed by atoms with Crippen LogP contribution in [0.5, 0.6) is 0 Å². The van der Waals surface area contributed by atoms with Crippen LogP contribution in [0.2, 0.25) is 0 Å². The Morgan fingerprint density at radius 3 is 2.77 bits per heavy atom. The molecule has 1 aromatic carbocycles. The predicted molar refractivity (Wildman–Crippen MR) is 99.7 cm³/mol. The Morgan fingerprint density at radius 1 is 1.19 bits per heavy atom. The highest BCUT2D eigenvalue weighted by Gasteiger charge is 2.36. The van der Waals surface area contributed by atoms with Crippen molar-refractivity contribution in [3.63, 3.8) is 0 Å². The van der Waals surface area contributed by atoms with E-state index < -0.39 is 0 Å². The van der Waals surface area contributed by atoms with Gasteiger partial charge in [-0.3, -0.25) is 14.8 Å². The van der Waals surface area contributed by atoms with Crippen LogP contribution in [-0.4, -0.2) is 27.1 Å². The third-order valence-corrected chi connectivity index (χ3v) is 5.10. The van der Waals surface area contributed by atoms with E-state index in [1.807, 2.05) is 49.5 Å². The highest BCUT2D eigenvalue weighted by molar-refractivity contribution is 5.94. The molecule has 0 radical (unpaired) electrons. The largest absolute Gasteiger partial charge is 0.393 e. The van der Waals surface area contributed by atoms with Gasteiger partial charge >= 0.3 is 0 Å².